The second-order valence-corrected chi connectivity index (χ2v) is 5.75. The number of ketones is 1. The van der Waals surface area contributed by atoms with Gasteiger partial charge in [0.05, 0.1) is 0 Å². The van der Waals surface area contributed by atoms with Crippen LogP contribution in [0.15, 0.2) is 67.0 Å². The predicted molar refractivity (Wildman–Crippen MR) is 101 cm³/mol. The first kappa shape index (κ1) is 17.3. The third kappa shape index (κ3) is 3.92. The summed E-state index contributed by atoms with van der Waals surface area (Å²) in [6, 6.07) is 18.0. The van der Waals surface area contributed by atoms with Crippen LogP contribution in [0.4, 0.5) is 17.2 Å². The van der Waals surface area contributed by atoms with Crippen LogP contribution in [0.1, 0.15) is 27.8 Å². The smallest absolute Gasteiger partial charge is 0.276 e. The van der Waals surface area contributed by atoms with Crippen molar-refractivity contribution >= 4 is 28.9 Å². The summed E-state index contributed by atoms with van der Waals surface area (Å²) < 4.78 is 0. The monoisotopic (exact) mass is 346 g/mol. The number of nitrogens with zero attached hydrogens (tertiary/aromatic N) is 3. The van der Waals surface area contributed by atoms with E-state index >= 15 is 0 Å². The Morgan fingerprint density at radius 3 is 2.31 bits per heavy atom. The highest BCUT2D eigenvalue weighted by molar-refractivity contribution is 6.04. The topological polar surface area (TPSA) is 75.2 Å². The molecule has 0 aliphatic rings. The quantitative estimate of drug-likeness (QED) is 0.713. The van der Waals surface area contributed by atoms with Gasteiger partial charge in [0.15, 0.2) is 5.78 Å². The van der Waals surface area contributed by atoms with Gasteiger partial charge in [-0.2, -0.15) is 0 Å². The standard InChI is InChI=1S/C20H18N4O2/c1-14(25)15-8-10-16(11-9-15)23-19-12-18(21-13-22-19)20(26)24(2)17-6-4-3-5-7-17/h3-13H,1-2H3,(H,21,22,23). The molecule has 2 aromatic carbocycles. The molecule has 0 spiro atoms. The van der Waals surface area contributed by atoms with E-state index < -0.39 is 0 Å². The van der Waals surface area contributed by atoms with Crippen molar-refractivity contribution in [1.29, 1.82) is 0 Å². The molecule has 1 heterocycles. The molecule has 0 aliphatic carbocycles. The maximum Gasteiger partial charge on any atom is 0.276 e. The van der Waals surface area contributed by atoms with Crippen molar-refractivity contribution in [3.63, 3.8) is 0 Å². The van der Waals surface area contributed by atoms with Crippen LogP contribution in [-0.2, 0) is 0 Å². The van der Waals surface area contributed by atoms with Crippen LogP contribution in [0.3, 0.4) is 0 Å². The molecule has 26 heavy (non-hydrogen) atoms. The molecule has 0 unspecified atom stereocenters. The number of benzene rings is 2. The molecular weight excluding hydrogens is 328 g/mol. The summed E-state index contributed by atoms with van der Waals surface area (Å²) >= 11 is 0. The Bertz CT molecular complexity index is 924. The van der Waals surface area contributed by atoms with E-state index in [2.05, 4.69) is 15.3 Å². The molecule has 3 rings (SSSR count). The van der Waals surface area contributed by atoms with E-state index in [1.807, 2.05) is 30.3 Å². The Morgan fingerprint density at radius 2 is 1.65 bits per heavy atom. The molecule has 1 aromatic heterocycles. The maximum atomic E-state index is 12.6. The SMILES string of the molecule is CC(=O)c1ccc(Nc2cc(C(=O)N(C)c3ccccc3)ncn2)cc1. The van der Waals surface area contributed by atoms with Gasteiger partial charge in [-0.15, -0.1) is 0 Å². The molecule has 130 valence electrons. The normalized spacial score (nSPS) is 10.2. The van der Waals surface area contributed by atoms with Gasteiger partial charge in [0, 0.05) is 30.1 Å². The average Bonchev–Trinajstić information content (AvgIpc) is 2.68. The molecule has 0 fully saturated rings. The van der Waals surface area contributed by atoms with Crippen LogP contribution in [0.5, 0.6) is 0 Å². The minimum Gasteiger partial charge on any atom is -0.340 e. The summed E-state index contributed by atoms with van der Waals surface area (Å²) in [7, 11) is 1.70. The third-order valence-corrected chi connectivity index (χ3v) is 3.90. The highest BCUT2D eigenvalue weighted by Crippen LogP contribution is 2.18. The van der Waals surface area contributed by atoms with Crippen molar-refractivity contribution in [2.45, 2.75) is 6.92 Å². The van der Waals surface area contributed by atoms with Gasteiger partial charge >= 0.3 is 0 Å². The van der Waals surface area contributed by atoms with Gasteiger partial charge in [0.25, 0.3) is 5.91 Å². The molecule has 3 aromatic rings. The lowest BCUT2D eigenvalue weighted by Gasteiger charge is -2.17. The summed E-state index contributed by atoms with van der Waals surface area (Å²) in [5.41, 5.74) is 2.47. The van der Waals surface area contributed by atoms with E-state index in [-0.39, 0.29) is 17.4 Å². The Hall–Kier alpha value is -3.54. The molecule has 6 nitrogen and oxygen atoms in total. The molecular formula is C20H18N4O2. The van der Waals surface area contributed by atoms with Gasteiger partial charge in [-0.25, -0.2) is 9.97 Å². The lowest BCUT2D eigenvalue weighted by Crippen LogP contribution is -2.27. The molecule has 0 saturated heterocycles. The minimum absolute atomic E-state index is 0.00965. The maximum absolute atomic E-state index is 12.6. The van der Waals surface area contributed by atoms with Gasteiger partial charge in [-0.05, 0) is 43.3 Å². The molecule has 1 N–H and O–H groups in total. The van der Waals surface area contributed by atoms with Crippen molar-refractivity contribution in [1.82, 2.24) is 9.97 Å². The Balaban J connectivity index is 1.77. The van der Waals surface area contributed by atoms with E-state index in [0.29, 0.717) is 11.4 Å². The Morgan fingerprint density at radius 1 is 0.962 bits per heavy atom. The number of rotatable bonds is 5. The third-order valence-electron chi connectivity index (χ3n) is 3.90. The number of para-hydroxylation sites is 1. The van der Waals surface area contributed by atoms with Gasteiger partial charge in [0.1, 0.15) is 17.8 Å². The lowest BCUT2D eigenvalue weighted by molar-refractivity contribution is 0.0986. The number of carbonyl (C=O) groups excluding carboxylic acids is 2. The number of carbonyl (C=O) groups is 2. The molecule has 1 amide bonds. The Labute approximate surface area is 151 Å². The predicted octanol–water partition coefficient (Wildman–Crippen LogP) is 3.70. The number of amides is 1. The van der Waals surface area contributed by atoms with Crippen molar-refractivity contribution < 1.29 is 9.59 Å². The summed E-state index contributed by atoms with van der Waals surface area (Å²) in [5, 5.41) is 3.11. The fraction of sp³-hybridized carbons (Fsp3) is 0.100. The molecule has 6 heteroatoms. The second kappa shape index (κ2) is 7.57. The zero-order valence-electron chi connectivity index (χ0n) is 14.5. The number of hydrogen-bond acceptors (Lipinski definition) is 5. The number of nitrogens with one attached hydrogen (secondary N) is 1. The first-order chi connectivity index (χ1) is 12.5. The fourth-order valence-corrected chi connectivity index (χ4v) is 2.42. The summed E-state index contributed by atoms with van der Waals surface area (Å²) in [6.07, 6.45) is 1.35. The van der Waals surface area contributed by atoms with Crippen LogP contribution in [0, 0.1) is 0 Å². The first-order valence-corrected chi connectivity index (χ1v) is 8.08. The zero-order valence-corrected chi connectivity index (χ0v) is 14.5. The van der Waals surface area contributed by atoms with Crippen molar-refractivity contribution in [2.75, 3.05) is 17.3 Å². The van der Waals surface area contributed by atoms with Crippen LogP contribution >= 0.6 is 0 Å². The summed E-state index contributed by atoms with van der Waals surface area (Å²) in [6.45, 7) is 1.52. The largest absolute Gasteiger partial charge is 0.340 e. The van der Waals surface area contributed by atoms with E-state index in [1.54, 1.807) is 37.4 Å². The lowest BCUT2D eigenvalue weighted by atomic mass is 10.1. The van der Waals surface area contributed by atoms with Gasteiger partial charge < -0.3 is 10.2 Å². The molecule has 0 atom stereocenters. The number of anilines is 3. The fourth-order valence-electron chi connectivity index (χ4n) is 2.42. The first-order valence-electron chi connectivity index (χ1n) is 8.08. The second-order valence-electron chi connectivity index (χ2n) is 5.75. The number of hydrogen-bond donors (Lipinski definition) is 1. The van der Waals surface area contributed by atoms with E-state index in [4.69, 9.17) is 0 Å². The molecule has 0 radical (unpaired) electrons. The van der Waals surface area contributed by atoms with Gasteiger partial charge in [0.2, 0.25) is 0 Å². The minimum atomic E-state index is -0.228. The van der Waals surface area contributed by atoms with Crippen LogP contribution in [0.25, 0.3) is 0 Å². The Kier molecular flexibility index (Phi) is 5.03. The van der Waals surface area contributed by atoms with E-state index in [1.165, 1.54) is 18.2 Å². The van der Waals surface area contributed by atoms with Crippen LogP contribution < -0.4 is 10.2 Å². The summed E-state index contributed by atoms with van der Waals surface area (Å²) in [5.74, 6) is 0.282. The molecule has 0 saturated carbocycles. The highest BCUT2D eigenvalue weighted by atomic mass is 16.2. The van der Waals surface area contributed by atoms with Gasteiger partial charge in [-0.3, -0.25) is 9.59 Å². The number of aromatic nitrogens is 2. The van der Waals surface area contributed by atoms with Crippen molar-refractivity contribution in [2.24, 2.45) is 0 Å². The van der Waals surface area contributed by atoms with E-state index in [0.717, 1.165) is 11.4 Å². The highest BCUT2D eigenvalue weighted by Gasteiger charge is 2.15. The van der Waals surface area contributed by atoms with Crippen LogP contribution in [0.2, 0.25) is 0 Å². The van der Waals surface area contributed by atoms with E-state index in [9.17, 15) is 9.59 Å². The van der Waals surface area contributed by atoms with Crippen molar-refractivity contribution in [3.05, 3.63) is 78.2 Å². The molecule has 0 aliphatic heterocycles. The zero-order chi connectivity index (χ0) is 18.5. The average molecular weight is 346 g/mol. The summed E-state index contributed by atoms with van der Waals surface area (Å²) in [4.78, 5) is 33.7. The molecule has 0 bridgehead atoms. The van der Waals surface area contributed by atoms with Crippen molar-refractivity contribution in [3.8, 4) is 0 Å². The number of Topliss-reactive ketones (excluding diaryl/α,β-unsaturated/α-hetero) is 1. The van der Waals surface area contributed by atoms with Gasteiger partial charge in [-0.1, -0.05) is 18.2 Å². The van der Waals surface area contributed by atoms with Crippen LogP contribution in [-0.4, -0.2) is 28.7 Å².